The molecule has 1 nitrogen and oxygen atoms in total. The number of rotatable bonds is 4. The Hall–Kier alpha value is -1.80. The van der Waals surface area contributed by atoms with Gasteiger partial charge in [0.2, 0.25) is 0 Å². The third-order valence-electron chi connectivity index (χ3n) is 2.80. The summed E-state index contributed by atoms with van der Waals surface area (Å²) in [5.74, 6) is 0.0474. The molecule has 0 aromatic heterocycles. The first-order valence-corrected chi connectivity index (χ1v) is 7.83. The van der Waals surface area contributed by atoms with Crippen molar-refractivity contribution >= 4 is 23.6 Å². The van der Waals surface area contributed by atoms with Crippen molar-refractivity contribution in [2.24, 2.45) is 0 Å². The van der Waals surface area contributed by atoms with E-state index in [1.807, 2.05) is 60.7 Å². The van der Waals surface area contributed by atoms with Gasteiger partial charge in [0.1, 0.15) is 0 Å². The normalized spacial score (nSPS) is 11.8. The zero-order chi connectivity index (χ0) is 15.3. The molecule has 0 aliphatic heterocycles. The molecule has 2 aromatic rings. The van der Waals surface area contributed by atoms with Crippen LogP contribution in [0.25, 0.3) is 6.08 Å². The van der Waals surface area contributed by atoms with Crippen molar-refractivity contribution in [2.75, 3.05) is 0 Å². The van der Waals surface area contributed by atoms with Crippen LogP contribution < -0.4 is 0 Å². The molecule has 0 heterocycles. The Bertz CT molecular complexity index is 636. The molecule has 0 unspecified atom stereocenters. The van der Waals surface area contributed by atoms with Crippen molar-refractivity contribution in [1.82, 2.24) is 0 Å². The van der Waals surface area contributed by atoms with Crippen LogP contribution in [-0.2, 0) is 0 Å². The lowest BCUT2D eigenvalue weighted by Crippen LogP contribution is -2.08. The minimum absolute atomic E-state index is 0.0474. The highest BCUT2D eigenvalue weighted by Gasteiger charge is 2.16. The Morgan fingerprint density at radius 1 is 0.952 bits per heavy atom. The summed E-state index contributed by atoms with van der Waals surface area (Å²) in [6, 6.07) is 17.7. The maximum Gasteiger partial charge on any atom is 0.186 e. The summed E-state index contributed by atoms with van der Waals surface area (Å²) in [7, 11) is 0. The Balaban J connectivity index is 2.22. The number of hydrogen-bond acceptors (Lipinski definition) is 2. The first-order chi connectivity index (χ1) is 9.96. The molecule has 0 aliphatic carbocycles. The summed E-state index contributed by atoms with van der Waals surface area (Å²) in [6.45, 7) is 6.45. The minimum atomic E-state index is 0.0474. The Labute approximate surface area is 131 Å². The van der Waals surface area contributed by atoms with Crippen LogP contribution >= 0.6 is 11.8 Å². The largest absolute Gasteiger partial charge is 0.289 e. The molecule has 0 spiro atoms. The first kappa shape index (κ1) is 15.6. The Morgan fingerprint density at radius 2 is 1.57 bits per heavy atom. The molecule has 0 atom stereocenters. The number of carbonyl (C=O) groups excluding carboxylic acids is 1. The summed E-state index contributed by atoms with van der Waals surface area (Å²) >= 11 is 1.72. The van der Waals surface area contributed by atoms with Gasteiger partial charge in [-0.2, -0.15) is 0 Å². The van der Waals surface area contributed by atoms with E-state index >= 15 is 0 Å². The van der Waals surface area contributed by atoms with Crippen LogP contribution in [0.2, 0.25) is 0 Å². The van der Waals surface area contributed by atoms with Crippen LogP contribution in [0.1, 0.15) is 36.7 Å². The lowest BCUT2D eigenvalue weighted by atomic mass is 10.1. The number of allylic oxidation sites excluding steroid dienone is 1. The molecule has 0 amide bonds. The van der Waals surface area contributed by atoms with Crippen LogP contribution in [0.3, 0.4) is 0 Å². The van der Waals surface area contributed by atoms with Crippen LogP contribution in [0.5, 0.6) is 0 Å². The molecule has 2 aromatic carbocycles. The van der Waals surface area contributed by atoms with Crippen molar-refractivity contribution < 1.29 is 4.79 Å². The van der Waals surface area contributed by atoms with Gasteiger partial charge in [-0.25, -0.2) is 0 Å². The van der Waals surface area contributed by atoms with Gasteiger partial charge >= 0.3 is 0 Å². The molecule has 0 saturated heterocycles. The topological polar surface area (TPSA) is 17.1 Å². The van der Waals surface area contributed by atoms with Gasteiger partial charge in [0, 0.05) is 15.2 Å². The van der Waals surface area contributed by atoms with Crippen molar-refractivity contribution in [2.45, 2.75) is 30.4 Å². The molecular formula is C19H20OS. The molecular weight excluding hydrogens is 276 g/mol. The lowest BCUT2D eigenvalue weighted by Gasteiger charge is -2.19. The zero-order valence-corrected chi connectivity index (χ0v) is 13.5. The maximum atomic E-state index is 12.4. The van der Waals surface area contributed by atoms with Crippen molar-refractivity contribution in [3.05, 3.63) is 71.8 Å². The third kappa shape index (κ3) is 4.91. The van der Waals surface area contributed by atoms with Gasteiger partial charge < -0.3 is 0 Å². The average Bonchev–Trinajstić information content (AvgIpc) is 2.45. The Morgan fingerprint density at radius 3 is 2.24 bits per heavy atom. The molecule has 0 N–H and O–H groups in total. The van der Waals surface area contributed by atoms with Gasteiger partial charge in [-0.1, -0.05) is 69.3 Å². The second-order valence-electron chi connectivity index (χ2n) is 5.82. The fourth-order valence-corrected chi connectivity index (χ4v) is 3.00. The van der Waals surface area contributed by atoms with Gasteiger partial charge in [-0.05, 0) is 23.8 Å². The molecule has 2 rings (SSSR count). The molecule has 108 valence electrons. The quantitative estimate of drug-likeness (QED) is 0.422. The van der Waals surface area contributed by atoms with Gasteiger partial charge in [-0.3, -0.25) is 4.79 Å². The summed E-state index contributed by atoms with van der Waals surface area (Å²) in [5, 5.41) is 0. The van der Waals surface area contributed by atoms with E-state index in [-0.39, 0.29) is 10.5 Å². The van der Waals surface area contributed by atoms with E-state index in [1.54, 1.807) is 17.8 Å². The van der Waals surface area contributed by atoms with E-state index in [4.69, 9.17) is 0 Å². The number of carbonyl (C=O) groups is 1. The predicted molar refractivity (Wildman–Crippen MR) is 91.9 cm³/mol. The van der Waals surface area contributed by atoms with Gasteiger partial charge in [0.05, 0.1) is 0 Å². The highest BCUT2D eigenvalue weighted by atomic mass is 32.2. The summed E-state index contributed by atoms with van der Waals surface area (Å²) in [4.78, 5) is 13.5. The van der Waals surface area contributed by atoms with E-state index in [1.165, 1.54) is 0 Å². The van der Waals surface area contributed by atoms with Crippen LogP contribution in [-0.4, -0.2) is 10.5 Å². The second-order valence-corrected chi connectivity index (χ2v) is 7.69. The second kappa shape index (κ2) is 6.77. The number of thioether (sulfide) groups is 1. The fraction of sp³-hybridized carbons (Fsp3) is 0.211. The number of ketones is 1. The lowest BCUT2D eigenvalue weighted by molar-refractivity contribution is 0.104. The summed E-state index contributed by atoms with van der Waals surface area (Å²) in [6.07, 6.45) is 3.51. The van der Waals surface area contributed by atoms with Crippen molar-refractivity contribution in [1.29, 1.82) is 0 Å². The van der Waals surface area contributed by atoms with E-state index in [0.29, 0.717) is 0 Å². The standard InChI is InChI=1S/C19H20OS/c1-19(2,3)21-18-12-8-7-11-16(18)17(20)14-13-15-9-5-4-6-10-15/h4-14H,1-3H3/b14-13+. The van der Waals surface area contributed by atoms with Gasteiger partial charge in [-0.15, -0.1) is 11.8 Å². The zero-order valence-electron chi connectivity index (χ0n) is 12.7. The highest BCUT2D eigenvalue weighted by molar-refractivity contribution is 8.00. The monoisotopic (exact) mass is 296 g/mol. The molecule has 2 heteroatoms. The summed E-state index contributed by atoms with van der Waals surface area (Å²) < 4.78 is 0.0829. The number of benzene rings is 2. The molecule has 0 radical (unpaired) electrons. The maximum absolute atomic E-state index is 12.4. The van der Waals surface area contributed by atoms with E-state index in [2.05, 4.69) is 20.8 Å². The van der Waals surface area contributed by atoms with Gasteiger partial charge in [0.25, 0.3) is 0 Å². The predicted octanol–water partition coefficient (Wildman–Crippen LogP) is 5.47. The third-order valence-corrected chi connectivity index (χ3v) is 3.98. The van der Waals surface area contributed by atoms with E-state index < -0.39 is 0 Å². The van der Waals surface area contributed by atoms with Crippen LogP contribution in [0.4, 0.5) is 0 Å². The molecule has 0 saturated carbocycles. The SMILES string of the molecule is CC(C)(C)Sc1ccccc1C(=O)/C=C/c1ccccc1. The fourth-order valence-electron chi connectivity index (χ4n) is 1.91. The number of hydrogen-bond donors (Lipinski definition) is 0. The van der Waals surface area contributed by atoms with E-state index in [0.717, 1.165) is 16.0 Å². The summed E-state index contributed by atoms with van der Waals surface area (Å²) in [5.41, 5.74) is 1.80. The van der Waals surface area contributed by atoms with Crippen LogP contribution in [0, 0.1) is 0 Å². The van der Waals surface area contributed by atoms with Crippen LogP contribution in [0.15, 0.2) is 65.6 Å². The molecule has 0 aliphatic rings. The van der Waals surface area contributed by atoms with Gasteiger partial charge in [0.15, 0.2) is 5.78 Å². The first-order valence-electron chi connectivity index (χ1n) is 7.01. The molecule has 0 fully saturated rings. The average molecular weight is 296 g/mol. The highest BCUT2D eigenvalue weighted by Crippen LogP contribution is 2.34. The smallest absolute Gasteiger partial charge is 0.186 e. The van der Waals surface area contributed by atoms with Crippen molar-refractivity contribution in [3.63, 3.8) is 0 Å². The van der Waals surface area contributed by atoms with E-state index in [9.17, 15) is 4.79 Å². The molecule has 21 heavy (non-hydrogen) atoms. The Kier molecular flexibility index (Phi) is 5.03. The minimum Gasteiger partial charge on any atom is -0.289 e. The molecule has 0 bridgehead atoms. The van der Waals surface area contributed by atoms with Crippen molar-refractivity contribution in [3.8, 4) is 0 Å².